The van der Waals surface area contributed by atoms with E-state index in [4.69, 9.17) is 11.6 Å². The molecule has 0 radical (unpaired) electrons. The van der Waals surface area contributed by atoms with Crippen LogP contribution in [0.1, 0.15) is 5.56 Å². The van der Waals surface area contributed by atoms with Crippen molar-refractivity contribution in [1.29, 1.82) is 0 Å². The molecule has 6 heteroatoms. The fourth-order valence-electron chi connectivity index (χ4n) is 1.37. The minimum absolute atomic E-state index is 0.465. The van der Waals surface area contributed by atoms with Crippen LogP contribution in [0, 0.1) is 0 Å². The molecule has 0 saturated heterocycles. The summed E-state index contributed by atoms with van der Waals surface area (Å²) in [6.45, 7) is 0.724. The van der Waals surface area contributed by atoms with Crippen LogP contribution in [-0.4, -0.2) is 4.98 Å². The minimum Gasteiger partial charge on any atom is -0.380 e. The number of aromatic nitrogens is 1. The summed E-state index contributed by atoms with van der Waals surface area (Å²) in [5, 5.41) is 3.75. The maximum Gasteiger partial charge on any atom is 0.143 e. The highest BCUT2D eigenvalue weighted by atomic mass is 79.9. The quantitative estimate of drug-likeness (QED) is 0.607. The lowest BCUT2D eigenvalue weighted by atomic mass is 10.2. The Balaban J connectivity index is 2.06. The summed E-state index contributed by atoms with van der Waals surface area (Å²) in [5.74, 6) is 0. The summed E-state index contributed by atoms with van der Waals surface area (Å²) in [7, 11) is 0. The standard InChI is InChI=1S/C12H8Br3ClN2/c13-9-2-1-7(3-10(9)14)5-17-8-4-11(15)12(16)18-6-8/h1-4,6,17H,5H2. The zero-order valence-corrected chi connectivity index (χ0v) is 14.6. The number of nitrogens with zero attached hydrogens (tertiary/aromatic N) is 1. The van der Waals surface area contributed by atoms with E-state index in [-0.39, 0.29) is 0 Å². The summed E-state index contributed by atoms with van der Waals surface area (Å²) >= 11 is 16.1. The highest BCUT2D eigenvalue weighted by molar-refractivity contribution is 9.13. The van der Waals surface area contributed by atoms with E-state index in [1.807, 2.05) is 12.1 Å². The summed E-state index contributed by atoms with van der Waals surface area (Å²) < 4.78 is 2.87. The van der Waals surface area contributed by atoms with Crippen LogP contribution in [0.5, 0.6) is 0 Å². The second-order valence-electron chi connectivity index (χ2n) is 3.60. The highest BCUT2D eigenvalue weighted by Crippen LogP contribution is 2.25. The van der Waals surface area contributed by atoms with Gasteiger partial charge >= 0.3 is 0 Å². The van der Waals surface area contributed by atoms with Crippen LogP contribution in [0.2, 0.25) is 5.15 Å². The SMILES string of the molecule is Clc1ncc(NCc2ccc(Br)c(Br)c2)cc1Br. The van der Waals surface area contributed by atoms with E-state index in [0.717, 1.165) is 25.7 Å². The van der Waals surface area contributed by atoms with Gasteiger partial charge < -0.3 is 5.32 Å². The fraction of sp³-hybridized carbons (Fsp3) is 0.0833. The molecule has 94 valence electrons. The molecule has 0 aliphatic heterocycles. The van der Waals surface area contributed by atoms with Crippen molar-refractivity contribution < 1.29 is 0 Å². The molecule has 2 rings (SSSR count). The van der Waals surface area contributed by atoms with Crippen molar-refractivity contribution in [3.63, 3.8) is 0 Å². The third-order valence-corrected chi connectivity index (χ3v) is 5.29. The third kappa shape index (κ3) is 3.70. The predicted octanol–water partition coefficient (Wildman–Crippen LogP) is 5.63. The number of benzene rings is 1. The van der Waals surface area contributed by atoms with Gasteiger partial charge in [-0.3, -0.25) is 0 Å². The Morgan fingerprint density at radius 3 is 2.50 bits per heavy atom. The predicted molar refractivity (Wildman–Crippen MR) is 86.1 cm³/mol. The number of rotatable bonds is 3. The van der Waals surface area contributed by atoms with Gasteiger partial charge in [0.15, 0.2) is 0 Å². The number of hydrogen-bond donors (Lipinski definition) is 1. The number of hydrogen-bond acceptors (Lipinski definition) is 2. The average Bonchev–Trinajstić information content (AvgIpc) is 2.35. The van der Waals surface area contributed by atoms with Gasteiger partial charge in [-0.25, -0.2) is 4.98 Å². The van der Waals surface area contributed by atoms with E-state index >= 15 is 0 Å². The van der Waals surface area contributed by atoms with E-state index in [1.54, 1.807) is 6.20 Å². The second-order valence-corrected chi connectivity index (χ2v) is 6.52. The fourth-order valence-corrected chi connectivity index (χ4v) is 2.50. The number of pyridine rings is 1. The van der Waals surface area contributed by atoms with E-state index < -0.39 is 0 Å². The zero-order valence-electron chi connectivity index (χ0n) is 9.05. The lowest BCUT2D eigenvalue weighted by Gasteiger charge is -2.08. The van der Waals surface area contributed by atoms with Gasteiger partial charge in [0.05, 0.1) is 16.4 Å². The van der Waals surface area contributed by atoms with Gasteiger partial charge in [-0.2, -0.15) is 0 Å². The average molecular weight is 455 g/mol. The molecule has 0 bridgehead atoms. The van der Waals surface area contributed by atoms with Gasteiger partial charge in [-0.05, 0) is 71.6 Å². The second kappa shape index (κ2) is 6.37. The molecule has 2 nitrogen and oxygen atoms in total. The van der Waals surface area contributed by atoms with Crippen LogP contribution in [0.4, 0.5) is 5.69 Å². The Morgan fingerprint density at radius 1 is 1.06 bits per heavy atom. The molecule has 0 fully saturated rings. The molecular weight excluding hydrogens is 447 g/mol. The van der Waals surface area contributed by atoms with E-state index in [1.165, 1.54) is 5.56 Å². The van der Waals surface area contributed by atoms with Crippen LogP contribution in [-0.2, 0) is 6.54 Å². The van der Waals surface area contributed by atoms with E-state index in [0.29, 0.717) is 5.15 Å². The largest absolute Gasteiger partial charge is 0.380 e. The molecule has 0 aliphatic carbocycles. The van der Waals surface area contributed by atoms with Crippen LogP contribution in [0.3, 0.4) is 0 Å². The summed E-state index contributed by atoms with van der Waals surface area (Å²) in [6, 6.07) is 8.04. The van der Waals surface area contributed by atoms with Crippen molar-refractivity contribution in [2.45, 2.75) is 6.54 Å². The summed E-state index contributed by atoms with van der Waals surface area (Å²) in [4.78, 5) is 4.06. The summed E-state index contributed by atoms with van der Waals surface area (Å²) in [6.07, 6.45) is 1.71. The molecule has 1 aromatic carbocycles. The monoisotopic (exact) mass is 452 g/mol. The molecule has 1 heterocycles. The molecule has 2 aromatic rings. The zero-order chi connectivity index (χ0) is 13.1. The lowest BCUT2D eigenvalue weighted by Crippen LogP contribution is -2.00. The first-order valence-corrected chi connectivity index (χ1v) is 7.81. The van der Waals surface area contributed by atoms with Crippen molar-refractivity contribution in [2.75, 3.05) is 5.32 Å². The molecule has 0 amide bonds. The van der Waals surface area contributed by atoms with Gasteiger partial charge in [0, 0.05) is 15.5 Å². The molecule has 0 spiro atoms. The van der Waals surface area contributed by atoms with Crippen LogP contribution in [0.15, 0.2) is 43.9 Å². The van der Waals surface area contributed by atoms with E-state index in [2.05, 4.69) is 70.2 Å². The van der Waals surface area contributed by atoms with Crippen LogP contribution < -0.4 is 5.32 Å². The first kappa shape index (κ1) is 14.3. The molecule has 18 heavy (non-hydrogen) atoms. The Labute approximate surface area is 136 Å². The number of anilines is 1. The van der Waals surface area contributed by atoms with Gasteiger partial charge in [0.25, 0.3) is 0 Å². The van der Waals surface area contributed by atoms with Crippen molar-refractivity contribution in [3.8, 4) is 0 Å². The molecule has 0 saturated carbocycles. The highest BCUT2D eigenvalue weighted by Gasteiger charge is 2.02. The van der Waals surface area contributed by atoms with E-state index in [9.17, 15) is 0 Å². The lowest BCUT2D eigenvalue weighted by molar-refractivity contribution is 1.13. The Hall–Kier alpha value is -0.100. The van der Waals surface area contributed by atoms with Crippen molar-refractivity contribution in [1.82, 2.24) is 4.98 Å². The minimum atomic E-state index is 0.465. The molecule has 0 atom stereocenters. The van der Waals surface area contributed by atoms with Crippen LogP contribution >= 0.6 is 59.4 Å². The van der Waals surface area contributed by atoms with Gasteiger partial charge in [0.2, 0.25) is 0 Å². The Kier molecular flexibility index (Phi) is 5.06. The molecule has 0 unspecified atom stereocenters. The smallest absolute Gasteiger partial charge is 0.143 e. The van der Waals surface area contributed by atoms with Crippen molar-refractivity contribution in [3.05, 3.63) is 54.6 Å². The van der Waals surface area contributed by atoms with Crippen molar-refractivity contribution >= 4 is 65.1 Å². The first-order valence-electron chi connectivity index (χ1n) is 5.05. The van der Waals surface area contributed by atoms with Gasteiger partial charge in [-0.15, -0.1) is 0 Å². The Morgan fingerprint density at radius 2 is 1.83 bits per heavy atom. The molecular formula is C12H8Br3ClN2. The normalized spacial score (nSPS) is 10.4. The maximum absolute atomic E-state index is 5.84. The topological polar surface area (TPSA) is 24.9 Å². The van der Waals surface area contributed by atoms with Crippen LogP contribution in [0.25, 0.3) is 0 Å². The molecule has 1 aromatic heterocycles. The number of halogens is 4. The maximum atomic E-state index is 5.84. The number of nitrogens with one attached hydrogen (secondary N) is 1. The molecule has 1 N–H and O–H groups in total. The summed E-state index contributed by atoms with van der Waals surface area (Å²) in [5.41, 5.74) is 2.10. The van der Waals surface area contributed by atoms with Crippen molar-refractivity contribution in [2.24, 2.45) is 0 Å². The third-order valence-electron chi connectivity index (χ3n) is 2.28. The molecule has 0 aliphatic rings. The Bertz CT molecular complexity index is 524. The van der Waals surface area contributed by atoms with Gasteiger partial charge in [0.1, 0.15) is 5.15 Å². The first-order chi connectivity index (χ1) is 8.56. The van der Waals surface area contributed by atoms with Gasteiger partial charge in [-0.1, -0.05) is 17.7 Å².